The van der Waals surface area contributed by atoms with E-state index in [2.05, 4.69) is 0 Å². The van der Waals surface area contributed by atoms with Gasteiger partial charge in [-0.15, -0.1) is 0 Å². The number of H-pyrrole nitrogens is 1. The van der Waals surface area contributed by atoms with Crippen LogP contribution in [-0.2, 0) is 6.18 Å². The van der Waals surface area contributed by atoms with Crippen LogP contribution in [0.4, 0.5) is 13.2 Å². The molecule has 0 spiro atoms. The molecule has 0 bridgehead atoms. The van der Waals surface area contributed by atoms with Gasteiger partial charge in [0.25, 0.3) is 0 Å². The van der Waals surface area contributed by atoms with Crippen LogP contribution in [0, 0.1) is 0 Å². The van der Waals surface area contributed by atoms with Crippen molar-refractivity contribution >= 4 is 23.2 Å². The zero-order chi connectivity index (χ0) is 14.2. The van der Waals surface area contributed by atoms with E-state index in [1.807, 2.05) is 0 Å². The highest BCUT2D eigenvalue weighted by atomic mass is 35.5. The van der Waals surface area contributed by atoms with E-state index in [9.17, 15) is 18.0 Å². The maximum atomic E-state index is 12.9. The van der Waals surface area contributed by atoms with Crippen LogP contribution in [0.2, 0.25) is 10.0 Å². The normalized spacial score (nSPS) is 11.6. The largest absolute Gasteiger partial charge is 0.431 e. The zero-order valence-electron chi connectivity index (χ0n) is 9.18. The molecule has 0 fully saturated rings. The maximum Gasteiger partial charge on any atom is 0.431 e. The van der Waals surface area contributed by atoms with Crippen molar-refractivity contribution in [2.24, 2.45) is 0 Å². The number of rotatable bonds is 1. The van der Waals surface area contributed by atoms with Crippen molar-refractivity contribution in [3.63, 3.8) is 0 Å². The third-order valence-corrected chi connectivity index (χ3v) is 2.97. The summed E-state index contributed by atoms with van der Waals surface area (Å²) in [5.74, 6) is 0. The highest BCUT2D eigenvalue weighted by molar-refractivity contribution is 6.36. The van der Waals surface area contributed by atoms with Gasteiger partial charge in [0.05, 0.1) is 0 Å². The van der Waals surface area contributed by atoms with E-state index in [4.69, 9.17) is 23.2 Å². The average Bonchev–Trinajstić information content (AvgIpc) is 2.28. The minimum Gasteiger partial charge on any atom is -0.318 e. The van der Waals surface area contributed by atoms with Crippen molar-refractivity contribution in [2.75, 3.05) is 0 Å². The van der Waals surface area contributed by atoms with E-state index in [1.165, 1.54) is 18.2 Å². The quantitative estimate of drug-likeness (QED) is 0.834. The van der Waals surface area contributed by atoms with Crippen molar-refractivity contribution in [1.82, 2.24) is 4.98 Å². The summed E-state index contributed by atoms with van der Waals surface area (Å²) in [6, 6.07) is 6.22. The Balaban J connectivity index is 2.72. The van der Waals surface area contributed by atoms with Gasteiger partial charge < -0.3 is 4.98 Å². The van der Waals surface area contributed by atoms with Crippen LogP contribution >= 0.6 is 23.2 Å². The number of nitrogens with one attached hydrogen (secondary N) is 1. The van der Waals surface area contributed by atoms with Crippen molar-refractivity contribution in [3.8, 4) is 11.1 Å². The van der Waals surface area contributed by atoms with Gasteiger partial charge in [-0.25, -0.2) is 0 Å². The van der Waals surface area contributed by atoms with E-state index in [1.54, 1.807) is 4.98 Å². The molecule has 1 aromatic heterocycles. The molecule has 1 heterocycles. The van der Waals surface area contributed by atoms with Crippen LogP contribution < -0.4 is 5.56 Å². The third-order valence-electron chi connectivity index (χ3n) is 2.42. The molecule has 1 N–H and O–H groups in total. The third kappa shape index (κ3) is 2.93. The predicted molar refractivity (Wildman–Crippen MR) is 67.5 cm³/mol. The Bertz CT molecular complexity index is 679. The first-order chi connectivity index (χ1) is 8.79. The molecular weight excluding hydrogens is 302 g/mol. The summed E-state index contributed by atoms with van der Waals surface area (Å²) in [4.78, 5) is 12.8. The molecule has 7 heteroatoms. The lowest BCUT2D eigenvalue weighted by Gasteiger charge is -2.13. The Morgan fingerprint density at radius 2 is 1.63 bits per heavy atom. The fraction of sp³-hybridized carbons (Fsp3) is 0.0833. The van der Waals surface area contributed by atoms with Gasteiger partial charge in [0, 0.05) is 27.2 Å². The molecule has 0 saturated carbocycles. The number of alkyl halides is 3. The average molecular weight is 308 g/mol. The zero-order valence-corrected chi connectivity index (χ0v) is 10.7. The fourth-order valence-electron chi connectivity index (χ4n) is 1.63. The SMILES string of the molecule is O=c1ccc(-c2ccc(Cl)cc2Cl)c(C(F)(F)F)[nH]1. The van der Waals surface area contributed by atoms with Crippen LogP contribution in [0.3, 0.4) is 0 Å². The second-order valence-corrected chi connectivity index (χ2v) is 4.58. The maximum absolute atomic E-state index is 12.9. The first-order valence-corrected chi connectivity index (χ1v) is 5.80. The Hall–Kier alpha value is -1.46. The lowest BCUT2D eigenvalue weighted by Crippen LogP contribution is -2.17. The molecule has 0 aliphatic carbocycles. The summed E-state index contributed by atoms with van der Waals surface area (Å²) in [5, 5.41) is 0.386. The van der Waals surface area contributed by atoms with Crippen LogP contribution in [-0.4, -0.2) is 4.98 Å². The molecule has 0 unspecified atom stereocenters. The van der Waals surface area contributed by atoms with Crippen LogP contribution in [0.25, 0.3) is 11.1 Å². The molecule has 19 heavy (non-hydrogen) atoms. The Labute approximate surface area is 115 Å². The summed E-state index contributed by atoms with van der Waals surface area (Å²) >= 11 is 11.6. The smallest absolute Gasteiger partial charge is 0.318 e. The molecule has 100 valence electrons. The van der Waals surface area contributed by atoms with Gasteiger partial charge in [-0.05, 0) is 18.2 Å². The van der Waals surface area contributed by atoms with Gasteiger partial charge in [0.15, 0.2) is 0 Å². The van der Waals surface area contributed by atoms with Gasteiger partial charge in [-0.3, -0.25) is 4.79 Å². The topological polar surface area (TPSA) is 32.9 Å². The van der Waals surface area contributed by atoms with Gasteiger partial charge >= 0.3 is 6.18 Å². The Morgan fingerprint density at radius 3 is 2.21 bits per heavy atom. The number of benzene rings is 1. The second-order valence-electron chi connectivity index (χ2n) is 3.73. The molecule has 0 aliphatic heterocycles. The Kier molecular flexibility index (Phi) is 3.60. The number of hydrogen-bond acceptors (Lipinski definition) is 1. The molecule has 0 aliphatic rings. The summed E-state index contributed by atoms with van der Waals surface area (Å²) in [6.45, 7) is 0. The van der Waals surface area contributed by atoms with E-state index >= 15 is 0 Å². The van der Waals surface area contributed by atoms with Crippen LogP contribution in [0.5, 0.6) is 0 Å². The molecular formula is C12H6Cl2F3NO. The molecule has 0 saturated heterocycles. The van der Waals surface area contributed by atoms with Crippen molar-refractivity contribution < 1.29 is 13.2 Å². The molecule has 2 aromatic rings. The van der Waals surface area contributed by atoms with Gasteiger partial charge in [0.2, 0.25) is 5.56 Å². The van der Waals surface area contributed by atoms with Crippen molar-refractivity contribution in [3.05, 3.63) is 56.4 Å². The van der Waals surface area contributed by atoms with E-state index in [0.717, 1.165) is 12.1 Å². The van der Waals surface area contributed by atoms with Gasteiger partial charge in [-0.1, -0.05) is 29.3 Å². The van der Waals surface area contributed by atoms with E-state index in [0.29, 0.717) is 5.02 Å². The van der Waals surface area contributed by atoms with Crippen molar-refractivity contribution in [1.29, 1.82) is 0 Å². The van der Waals surface area contributed by atoms with Crippen molar-refractivity contribution in [2.45, 2.75) is 6.18 Å². The highest BCUT2D eigenvalue weighted by Gasteiger charge is 2.35. The minimum atomic E-state index is -4.68. The first-order valence-electron chi connectivity index (χ1n) is 5.05. The summed E-state index contributed by atoms with van der Waals surface area (Å²) in [7, 11) is 0. The van der Waals surface area contributed by atoms with Crippen LogP contribution in [0.15, 0.2) is 35.1 Å². The minimum absolute atomic E-state index is 0.0741. The molecule has 1 aromatic carbocycles. The highest BCUT2D eigenvalue weighted by Crippen LogP contribution is 2.38. The number of halogens is 5. The fourth-order valence-corrected chi connectivity index (χ4v) is 2.14. The Morgan fingerprint density at radius 1 is 1.00 bits per heavy atom. The second kappa shape index (κ2) is 4.90. The van der Waals surface area contributed by atoms with Crippen LogP contribution in [0.1, 0.15) is 5.69 Å². The molecule has 2 nitrogen and oxygen atoms in total. The van der Waals surface area contributed by atoms with E-state index in [-0.39, 0.29) is 16.1 Å². The molecule has 0 amide bonds. The van der Waals surface area contributed by atoms with E-state index < -0.39 is 17.4 Å². The number of aromatic nitrogens is 1. The molecule has 0 atom stereocenters. The number of pyridine rings is 1. The monoisotopic (exact) mass is 307 g/mol. The lowest BCUT2D eigenvalue weighted by molar-refractivity contribution is -0.140. The molecule has 2 rings (SSSR count). The lowest BCUT2D eigenvalue weighted by atomic mass is 10.0. The standard InChI is InChI=1S/C12H6Cl2F3NO/c13-6-1-2-7(9(14)5-6)8-3-4-10(19)18-11(8)12(15,16)17/h1-5H,(H,18,19). The number of aromatic amines is 1. The summed E-state index contributed by atoms with van der Waals surface area (Å²) < 4.78 is 38.7. The first kappa shape index (κ1) is 14.0. The van der Waals surface area contributed by atoms with Gasteiger partial charge in [0.1, 0.15) is 5.69 Å². The number of hydrogen-bond donors (Lipinski definition) is 1. The van der Waals surface area contributed by atoms with Gasteiger partial charge in [-0.2, -0.15) is 13.2 Å². The predicted octanol–water partition coefficient (Wildman–Crippen LogP) is 4.37. The summed E-state index contributed by atoms with van der Waals surface area (Å²) in [5.41, 5.74) is -2.02. The molecule has 0 radical (unpaired) electrons. The summed E-state index contributed by atoms with van der Waals surface area (Å²) in [6.07, 6.45) is -4.68.